The van der Waals surface area contributed by atoms with E-state index in [0.717, 1.165) is 10.5 Å². The van der Waals surface area contributed by atoms with Crippen LogP contribution in [0.15, 0.2) is 122 Å². The van der Waals surface area contributed by atoms with Gasteiger partial charge >= 0.3 is 18.1 Å². The summed E-state index contributed by atoms with van der Waals surface area (Å²) in [5.74, 6) is 3.15. The number of aromatic nitrogens is 2. The number of aliphatic hydroxyl groups excluding tert-OH is 1. The molecule has 354 valence electrons. The van der Waals surface area contributed by atoms with Crippen LogP contribution in [0.4, 0.5) is 21.2 Å². The number of urea groups is 1. The number of nitrogens with two attached hydrogens (primary N) is 1. The van der Waals surface area contributed by atoms with Gasteiger partial charge in [0.1, 0.15) is 36.5 Å². The maximum atomic E-state index is 16.5. The largest absolute Gasteiger partial charge is 0.491 e. The van der Waals surface area contributed by atoms with Gasteiger partial charge in [-0.3, -0.25) is 19.3 Å². The molecule has 6 atom stereocenters. The molecule has 6 unspecified atom stereocenters. The number of carbonyl (C=O) groups excluding carboxylic acids is 5. The number of aliphatic hydroxyl groups is 1. The average molecular weight is 935 g/mol. The summed E-state index contributed by atoms with van der Waals surface area (Å²) in [5.41, 5.74) is 5.82. The Morgan fingerprint density at radius 3 is 2.25 bits per heavy atom. The predicted molar refractivity (Wildman–Crippen MR) is 249 cm³/mol. The zero-order chi connectivity index (χ0) is 48.1. The summed E-state index contributed by atoms with van der Waals surface area (Å²) >= 11 is 0. The maximum absolute atomic E-state index is 16.5. The lowest BCUT2D eigenvalue weighted by Gasteiger charge is -2.46. The van der Waals surface area contributed by atoms with Gasteiger partial charge in [0.05, 0.1) is 43.4 Å². The van der Waals surface area contributed by atoms with Crippen molar-refractivity contribution in [1.29, 1.82) is 0 Å². The van der Waals surface area contributed by atoms with Crippen LogP contribution in [-0.4, -0.2) is 127 Å². The predicted octanol–water partition coefficient (Wildman–Crippen LogP) is 3.66. The van der Waals surface area contributed by atoms with Gasteiger partial charge in [0.2, 0.25) is 17.8 Å². The first kappa shape index (κ1) is 46.3. The van der Waals surface area contributed by atoms with Crippen LogP contribution in [0.2, 0.25) is 0 Å². The van der Waals surface area contributed by atoms with Crippen LogP contribution in [0.1, 0.15) is 46.0 Å². The van der Waals surface area contributed by atoms with Crippen molar-refractivity contribution in [3.8, 4) is 17.6 Å². The van der Waals surface area contributed by atoms with E-state index in [1.54, 1.807) is 65.8 Å². The highest BCUT2D eigenvalue weighted by Gasteiger charge is 2.76. The number of hydrogen-bond acceptors (Lipinski definition) is 14. The number of ether oxygens (including phenoxy) is 4. The number of primary amides is 1. The first-order valence-corrected chi connectivity index (χ1v) is 22.6. The highest BCUT2D eigenvalue weighted by Crippen LogP contribution is 2.66. The molecular formula is C51H50N8O10. The van der Waals surface area contributed by atoms with Gasteiger partial charge in [0.25, 0.3) is 0 Å². The number of amides is 5. The summed E-state index contributed by atoms with van der Waals surface area (Å²) in [6.45, 7) is 0.451. The molecule has 4 aliphatic rings. The molecule has 18 heteroatoms. The van der Waals surface area contributed by atoms with Gasteiger partial charge in [0, 0.05) is 51.2 Å². The number of hydrogen-bond donors (Lipinski definition) is 3. The fraction of sp³-hybridized carbons (Fsp3) is 0.314. The van der Waals surface area contributed by atoms with Crippen molar-refractivity contribution in [2.75, 3.05) is 76.1 Å². The Labute approximate surface area is 397 Å². The Morgan fingerprint density at radius 1 is 0.841 bits per heavy atom. The van der Waals surface area contributed by atoms with Gasteiger partial charge in [-0.05, 0) is 58.7 Å². The first-order valence-electron chi connectivity index (χ1n) is 22.6. The summed E-state index contributed by atoms with van der Waals surface area (Å²) < 4.78 is 23.5. The van der Waals surface area contributed by atoms with Gasteiger partial charge in [-0.2, -0.15) is 0 Å². The monoisotopic (exact) mass is 934 g/mol. The SMILES string of the molecule is COCCOC(=O)N1C(=O)C2(c3cc(C#CCNC(N)=O)ccc31)C(C(=O)N1CCN(c3ncccn3)CC1)C1C(=O)OC(c3ccccc3)C(c3ccccc3)N1C2c1cccc(OCCO)c1. The van der Waals surface area contributed by atoms with Gasteiger partial charge in [-0.25, -0.2) is 24.5 Å². The topological polar surface area (TPSA) is 219 Å². The van der Waals surface area contributed by atoms with E-state index in [0.29, 0.717) is 41.5 Å². The summed E-state index contributed by atoms with van der Waals surface area (Å²) in [6, 6.07) is 28.0. The zero-order valence-corrected chi connectivity index (χ0v) is 37.7. The number of imide groups is 1. The summed E-state index contributed by atoms with van der Waals surface area (Å²) in [6.07, 6.45) is 1.32. The standard InChI is InChI=1S/C51H50N8O10/c1-66-29-30-68-50(65)58-39-19-18-33(11-9-20-53-48(52)64)31-38(39)51(47(58)63)40(45(61)56-23-25-57(26-24-56)49-54-21-10-22-55-49)42-46(62)69-43(35-14-6-3-7-15-35)41(34-12-4-2-5-13-34)59(42)44(51)36-16-8-17-37(32-36)67-28-27-60/h2-8,10,12-19,21-22,31-32,40-44,60H,20,23-30H2,1H3,(H3,52,53,64). The smallest absolute Gasteiger partial charge is 0.421 e. The van der Waals surface area contributed by atoms with Crippen molar-refractivity contribution in [3.05, 3.63) is 149 Å². The van der Waals surface area contributed by atoms with Gasteiger partial charge in [0.15, 0.2) is 0 Å². The molecule has 1 spiro atoms. The Bertz CT molecular complexity index is 2770. The third kappa shape index (κ3) is 8.67. The molecule has 0 radical (unpaired) electrons. The summed E-state index contributed by atoms with van der Waals surface area (Å²) in [4.78, 5) is 89.6. The Hall–Kier alpha value is -7.85. The maximum Gasteiger partial charge on any atom is 0.421 e. The number of morpholine rings is 1. The number of nitrogens with one attached hydrogen (secondary N) is 1. The fourth-order valence-corrected chi connectivity index (χ4v) is 10.2. The van der Waals surface area contributed by atoms with Gasteiger partial charge in [-0.1, -0.05) is 84.6 Å². The highest BCUT2D eigenvalue weighted by molar-refractivity contribution is 6.23. The van der Waals surface area contributed by atoms with Crippen molar-refractivity contribution in [1.82, 2.24) is 25.1 Å². The molecule has 5 heterocycles. The lowest BCUT2D eigenvalue weighted by atomic mass is 9.64. The second-order valence-corrected chi connectivity index (χ2v) is 16.8. The molecule has 4 N–H and O–H groups in total. The molecule has 0 saturated carbocycles. The number of rotatable bonds is 12. The molecule has 4 aliphatic heterocycles. The molecule has 4 aromatic carbocycles. The second kappa shape index (κ2) is 20.2. The lowest BCUT2D eigenvalue weighted by Crippen LogP contribution is -2.59. The molecule has 0 bridgehead atoms. The molecule has 3 saturated heterocycles. The van der Waals surface area contributed by atoms with Crippen LogP contribution in [0.5, 0.6) is 5.75 Å². The van der Waals surface area contributed by atoms with Crippen molar-refractivity contribution < 1.29 is 48.0 Å². The molecule has 5 aromatic rings. The number of piperazine rings is 1. The van der Waals surface area contributed by atoms with E-state index in [1.165, 1.54) is 7.11 Å². The first-order chi connectivity index (χ1) is 33.7. The number of methoxy groups -OCH3 is 1. The zero-order valence-electron chi connectivity index (χ0n) is 37.7. The Balaban J connectivity index is 1.32. The Morgan fingerprint density at radius 2 is 1.55 bits per heavy atom. The quantitative estimate of drug-likeness (QED) is 0.0925. The number of cyclic esters (lactones) is 1. The lowest BCUT2D eigenvalue weighted by molar-refractivity contribution is -0.179. The normalized spacial score (nSPS) is 22.8. The van der Waals surface area contributed by atoms with E-state index < -0.39 is 65.5 Å². The molecule has 9 rings (SSSR count). The van der Waals surface area contributed by atoms with E-state index in [2.05, 4.69) is 27.1 Å². The third-order valence-electron chi connectivity index (χ3n) is 13.0. The number of fused-ring (bicyclic) bond motifs is 3. The molecule has 5 amide bonds. The number of nitrogens with zero attached hydrogens (tertiary/aromatic N) is 6. The minimum Gasteiger partial charge on any atom is -0.491 e. The van der Waals surface area contributed by atoms with E-state index in [9.17, 15) is 14.7 Å². The van der Waals surface area contributed by atoms with E-state index in [1.807, 2.05) is 70.5 Å². The molecule has 1 aromatic heterocycles. The number of benzene rings is 4. The van der Waals surface area contributed by atoms with Crippen LogP contribution >= 0.6 is 0 Å². The molecule has 69 heavy (non-hydrogen) atoms. The van der Waals surface area contributed by atoms with Gasteiger partial charge < -0.3 is 44.9 Å². The van der Waals surface area contributed by atoms with Crippen molar-refractivity contribution in [2.24, 2.45) is 11.7 Å². The van der Waals surface area contributed by atoms with E-state index in [-0.39, 0.29) is 57.3 Å². The summed E-state index contributed by atoms with van der Waals surface area (Å²) in [5, 5.41) is 12.3. The highest BCUT2D eigenvalue weighted by atomic mass is 16.6. The average Bonchev–Trinajstić information content (AvgIpc) is 3.84. The van der Waals surface area contributed by atoms with Crippen LogP contribution < -0.4 is 25.6 Å². The number of esters is 1. The van der Waals surface area contributed by atoms with Crippen molar-refractivity contribution in [2.45, 2.75) is 29.6 Å². The second-order valence-electron chi connectivity index (χ2n) is 16.8. The molecular weight excluding hydrogens is 885 g/mol. The van der Waals surface area contributed by atoms with Crippen LogP contribution in [0, 0.1) is 17.8 Å². The van der Waals surface area contributed by atoms with Crippen LogP contribution in [-0.2, 0) is 34.0 Å². The van der Waals surface area contributed by atoms with Crippen molar-refractivity contribution in [3.63, 3.8) is 0 Å². The summed E-state index contributed by atoms with van der Waals surface area (Å²) in [7, 11) is 1.45. The number of anilines is 2. The molecule has 0 aliphatic carbocycles. The van der Waals surface area contributed by atoms with E-state index in [4.69, 9.17) is 24.7 Å². The number of carbonyl (C=O) groups is 5. The van der Waals surface area contributed by atoms with E-state index >= 15 is 14.4 Å². The minimum atomic E-state index is -2.09. The third-order valence-corrected chi connectivity index (χ3v) is 13.0. The minimum absolute atomic E-state index is 0.0331. The van der Waals surface area contributed by atoms with Crippen LogP contribution in [0.3, 0.4) is 0 Å². The fourth-order valence-electron chi connectivity index (χ4n) is 10.2. The molecule has 3 fully saturated rings. The van der Waals surface area contributed by atoms with Gasteiger partial charge in [-0.15, -0.1) is 0 Å². The van der Waals surface area contributed by atoms with Crippen LogP contribution in [0.25, 0.3) is 0 Å². The molecule has 18 nitrogen and oxygen atoms in total. The Kier molecular flexibility index (Phi) is 13.5. The van der Waals surface area contributed by atoms with Crippen molar-refractivity contribution >= 4 is 41.5 Å².